The van der Waals surface area contributed by atoms with E-state index in [9.17, 15) is 9.59 Å². The number of nitrogens with zero attached hydrogens (tertiary/aromatic N) is 4. The number of hydrogen-bond donors (Lipinski definition) is 2. The van der Waals surface area contributed by atoms with Crippen molar-refractivity contribution < 1.29 is 14.7 Å². The Morgan fingerprint density at radius 2 is 1.91 bits per heavy atom. The van der Waals surface area contributed by atoms with E-state index in [0.29, 0.717) is 12.8 Å². The summed E-state index contributed by atoms with van der Waals surface area (Å²) in [5.41, 5.74) is 4.61. The third-order valence-electron chi connectivity index (χ3n) is 5.85. The molecule has 1 amide bonds. The van der Waals surface area contributed by atoms with Crippen LogP contribution in [-0.4, -0.2) is 49.7 Å². The van der Waals surface area contributed by atoms with E-state index in [0.717, 1.165) is 47.6 Å². The molecule has 1 saturated heterocycles. The summed E-state index contributed by atoms with van der Waals surface area (Å²) in [5.74, 6) is -1.14. The van der Waals surface area contributed by atoms with E-state index in [-0.39, 0.29) is 11.8 Å². The van der Waals surface area contributed by atoms with E-state index < -0.39 is 5.97 Å². The van der Waals surface area contributed by atoms with E-state index in [2.05, 4.69) is 20.3 Å². The van der Waals surface area contributed by atoms with Gasteiger partial charge >= 0.3 is 5.97 Å². The molecule has 1 aliphatic rings. The number of rotatable bonds is 7. The molecule has 3 aromatic rings. The van der Waals surface area contributed by atoms with E-state index in [4.69, 9.17) is 5.11 Å². The van der Waals surface area contributed by atoms with Crippen molar-refractivity contribution in [3.8, 4) is 11.1 Å². The predicted octanol–water partition coefficient (Wildman–Crippen LogP) is 3.43. The number of anilines is 1. The van der Waals surface area contributed by atoms with Crippen LogP contribution in [0.1, 0.15) is 24.0 Å². The summed E-state index contributed by atoms with van der Waals surface area (Å²) >= 11 is 0. The Morgan fingerprint density at radius 1 is 1.15 bits per heavy atom. The average Bonchev–Trinajstić information content (AvgIpc) is 3.25. The highest BCUT2D eigenvalue weighted by molar-refractivity contribution is 6.02. The number of aliphatic carboxylic acids is 1. The molecule has 0 unspecified atom stereocenters. The fourth-order valence-corrected chi connectivity index (χ4v) is 4.00. The maximum atomic E-state index is 12.4. The van der Waals surface area contributed by atoms with Gasteiger partial charge in [0.05, 0.1) is 12.1 Å². The van der Waals surface area contributed by atoms with Gasteiger partial charge in [0.2, 0.25) is 5.91 Å². The Morgan fingerprint density at radius 3 is 2.58 bits per heavy atom. The van der Waals surface area contributed by atoms with Gasteiger partial charge in [-0.05, 0) is 61.3 Å². The van der Waals surface area contributed by atoms with Crippen molar-refractivity contribution in [2.24, 2.45) is 13.0 Å². The number of likely N-dealkylation sites (tertiary alicyclic amines) is 1. The van der Waals surface area contributed by atoms with Gasteiger partial charge < -0.3 is 10.4 Å². The maximum absolute atomic E-state index is 12.4. The second-order valence-corrected chi connectivity index (χ2v) is 8.27. The smallest absolute Gasteiger partial charge is 0.306 e. The highest BCUT2D eigenvalue weighted by Crippen LogP contribution is 2.23. The Labute approximate surface area is 192 Å². The fourth-order valence-electron chi connectivity index (χ4n) is 4.00. The van der Waals surface area contributed by atoms with Crippen molar-refractivity contribution in [3.05, 3.63) is 72.3 Å². The molecule has 4 rings (SSSR count). The first kappa shape index (κ1) is 22.4. The van der Waals surface area contributed by atoms with Gasteiger partial charge in [-0.3, -0.25) is 24.2 Å². The van der Waals surface area contributed by atoms with Crippen LogP contribution in [-0.2, 0) is 23.2 Å². The molecule has 33 heavy (non-hydrogen) atoms. The average molecular weight is 446 g/mol. The van der Waals surface area contributed by atoms with Crippen LogP contribution < -0.4 is 5.32 Å². The first-order chi connectivity index (χ1) is 16.0. The van der Waals surface area contributed by atoms with Gasteiger partial charge in [-0.25, -0.2) is 0 Å². The first-order valence-electron chi connectivity index (χ1n) is 10.9. The van der Waals surface area contributed by atoms with Crippen molar-refractivity contribution in [1.29, 1.82) is 0 Å². The van der Waals surface area contributed by atoms with Crippen LogP contribution in [0.5, 0.6) is 0 Å². The molecule has 0 radical (unpaired) electrons. The highest BCUT2D eigenvalue weighted by Gasteiger charge is 2.24. The minimum absolute atomic E-state index is 0.223. The molecule has 1 aromatic carbocycles. The van der Waals surface area contributed by atoms with Gasteiger partial charge in [0.25, 0.3) is 0 Å². The van der Waals surface area contributed by atoms with Crippen molar-refractivity contribution in [2.45, 2.75) is 19.4 Å². The number of carboxylic acid groups (broad SMARTS) is 1. The third kappa shape index (κ3) is 5.93. The van der Waals surface area contributed by atoms with Gasteiger partial charge in [0, 0.05) is 55.1 Å². The number of pyridine rings is 1. The minimum Gasteiger partial charge on any atom is -0.481 e. The Balaban J connectivity index is 1.32. The molecule has 0 bridgehead atoms. The van der Waals surface area contributed by atoms with E-state index in [1.807, 2.05) is 43.6 Å². The molecule has 2 aromatic heterocycles. The van der Waals surface area contributed by atoms with Gasteiger partial charge in [-0.2, -0.15) is 5.10 Å². The molecule has 0 spiro atoms. The molecule has 1 aliphatic heterocycles. The number of aryl methyl sites for hydroxylation is 1. The lowest BCUT2D eigenvalue weighted by Gasteiger charge is -2.30. The largest absolute Gasteiger partial charge is 0.481 e. The maximum Gasteiger partial charge on any atom is 0.306 e. The molecular weight excluding hydrogens is 418 g/mol. The fraction of sp³-hybridized carbons (Fsp3) is 0.280. The zero-order chi connectivity index (χ0) is 23.2. The molecule has 2 N–H and O–H groups in total. The number of nitrogens with one attached hydrogen (secondary N) is 1. The molecule has 170 valence electrons. The van der Waals surface area contributed by atoms with E-state index in [1.54, 1.807) is 29.3 Å². The second-order valence-electron chi connectivity index (χ2n) is 8.27. The van der Waals surface area contributed by atoms with Gasteiger partial charge in [-0.1, -0.05) is 12.1 Å². The second kappa shape index (κ2) is 10.2. The number of piperidine rings is 1. The summed E-state index contributed by atoms with van der Waals surface area (Å²) in [6.45, 7) is 2.35. The zero-order valence-corrected chi connectivity index (χ0v) is 18.5. The van der Waals surface area contributed by atoms with Crippen molar-refractivity contribution in [3.63, 3.8) is 0 Å². The molecule has 0 aliphatic carbocycles. The standard InChI is InChI=1S/C25H27N5O3/c1-29-17-21(15-27-29)23-8-11-26-14-20(23)4-7-24(31)28-22-5-2-18(3-6-22)16-30-12-9-19(10-13-30)25(32)33/h2-8,11,14-15,17,19H,9-10,12-13,16H2,1H3,(H,28,31)(H,32,33)/b7-4+. The number of carboxylic acids is 1. The number of hydrogen-bond acceptors (Lipinski definition) is 5. The quantitative estimate of drug-likeness (QED) is 0.541. The van der Waals surface area contributed by atoms with Crippen molar-refractivity contribution >= 4 is 23.6 Å². The van der Waals surface area contributed by atoms with Crippen LogP contribution in [0.15, 0.2) is 61.2 Å². The molecular formula is C25H27N5O3. The lowest BCUT2D eigenvalue weighted by atomic mass is 9.97. The normalized spacial score (nSPS) is 15.1. The monoisotopic (exact) mass is 445 g/mol. The topological polar surface area (TPSA) is 100 Å². The summed E-state index contributed by atoms with van der Waals surface area (Å²) < 4.78 is 1.73. The lowest BCUT2D eigenvalue weighted by Crippen LogP contribution is -2.35. The zero-order valence-electron chi connectivity index (χ0n) is 18.5. The number of aromatic nitrogens is 3. The number of carbonyl (C=O) groups excluding carboxylic acids is 1. The van der Waals surface area contributed by atoms with Crippen LogP contribution in [0.2, 0.25) is 0 Å². The summed E-state index contributed by atoms with van der Waals surface area (Å²) in [4.78, 5) is 30.0. The third-order valence-corrected chi connectivity index (χ3v) is 5.85. The number of amides is 1. The van der Waals surface area contributed by atoms with Crippen LogP contribution in [0.3, 0.4) is 0 Å². The van der Waals surface area contributed by atoms with Crippen molar-refractivity contribution in [2.75, 3.05) is 18.4 Å². The molecule has 8 heteroatoms. The van der Waals surface area contributed by atoms with Crippen LogP contribution >= 0.6 is 0 Å². The van der Waals surface area contributed by atoms with Gasteiger partial charge in [-0.15, -0.1) is 0 Å². The molecule has 3 heterocycles. The minimum atomic E-state index is -0.694. The van der Waals surface area contributed by atoms with Gasteiger partial charge in [0.15, 0.2) is 0 Å². The Bertz CT molecular complexity index is 1140. The Hall–Kier alpha value is -3.78. The van der Waals surface area contributed by atoms with Crippen LogP contribution in [0.25, 0.3) is 17.2 Å². The summed E-state index contributed by atoms with van der Waals surface area (Å²) in [6, 6.07) is 9.65. The predicted molar refractivity (Wildman–Crippen MR) is 126 cm³/mol. The van der Waals surface area contributed by atoms with Crippen molar-refractivity contribution in [1.82, 2.24) is 19.7 Å². The number of carbonyl (C=O) groups is 2. The molecule has 1 fully saturated rings. The number of benzene rings is 1. The SMILES string of the molecule is Cn1cc(-c2ccncc2/C=C/C(=O)Nc2ccc(CN3CCC(C(=O)O)CC3)cc2)cn1. The van der Waals surface area contributed by atoms with Crippen LogP contribution in [0, 0.1) is 5.92 Å². The lowest BCUT2D eigenvalue weighted by molar-refractivity contribution is -0.143. The van der Waals surface area contributed by atoms with Crippen LogP contribution in [0.4, 0.5) is 5.69 Å². The molecule has 0 atom stereocenters. The van der Waals surface area contributed by atoms with E-state index in [1.165, 1.54) is 6.08 Å². The highest BCUT2D eigenvalue weighted by atomic mass is 16.4. The molecule has 0 saturated carbocycles. The summed E-state index contributed by atoms with van der Waals surface area (Å²) in [5, 5.41) is 16.2. The van der Waals surface area contributed by atoms with Gasteiger partial charge in [0.1, 0.15) is 0 Å². The summed E-state index contributed by atoms with van der Waals surface area (Å²) in [7, 11) is 1.86. The summed E-state index contributed by atoms with van der Waals surface area (Å²) in [6.07, 6.45) is 11.8. The molecule has 8 nitrogen and oxygen atoms in total. The van der Waals surface area contributed by atoms with E-state index >= 15 is 0 Å². The first-order valence-corrected chi connectivity index (χ1v) is 10.9. The Kier molecular flexibility index (Phi) is 6.95.